The molecular formula is C12H17F3N2. The Morgan fingerprint density at radius 2 is 1.82 bits per heavy atom. The normalized spacial score (nSPS) is 13.8. The molecule has 5 heteroatoms. The van der Waals surface area contributed by atoms with E-state index >= 15 is 0 Å². The zero-order valence-electron chi connectivity index (χ0n) is 10.2. The molecule has 0 amide bonds. The van der Waals surface area contributed by atoms with Crippen LogP contribution in [0.25, 0.3) is 0 Å². The Morgan fingerprint density at radius 1 is 1.24 bits per heavy atom. The third-order valence-electron chi connectivity index (χ3n) is 2.70. The molecule has 1 rings (SSSR count). The first kappa shape index (κ1) is 13.8. The van der Waals surface area contributed by atoms with Gasteiger partial charge in [-0.05, 0) is 33.2 Å². The fourth-order valence-corrected chi connectivity index (χ4v) is 1.32. The fraction of sp³-hybridized carbons (Fsp3) is 0.500. The van der Waals surface area contributed by atoms with Crippen molar-refractivity contribution in [1.29, 1.82) is 0 Å². The van der Waals surface area contributed by atoms with E-state index in [1.165, 1.54) is 12.1 Å². The molecule has 0 saturated heterocycles. The highest BCUT2D eigenvalue weighted by molar-refractivity contribution is 5.52. The van der Waals surface area contributed by atoms with Gasteiger partial charge in [0.1, 0.15) is 0 Å². The van der Waals surface area contributed by atoms with Crippen molar-refractivity contribution in [3.8, 4) is 0 Å². The summed E-state index contributed by atoms with van der Waals surface area (Å²) < 4.78 is 38.0. The van der Waals surface area contributed by atoms with Gasteiger partial charge in [0.15, 0.2) is 0 Å². The molecule has 0 aliphatic rings. The first-order valence-corrected chi connectivity index (χ1v) is 5.39. The summed E-state index contributed by atoms with van der Waals surface area (Å²) in [5.74, 6) is 0. The Labute approximate surface area is 99.4 Å². The second kappa shape index (κ2) is 5.40. The van der Waals surface area contributed by atoms with Gasteiger partial charge in [0.25, 0.3) is 0 Å². The average molecular weight is 246 g/mol. The Balaban J connectivity index is 2.78. The summed E-state index contributed by atoms with van der Waals surface area (Å²) in [6.45, 7) is 2.42. The van der Waals surface area contributed by atoms with Crippen LogP contribution in [0.3, 0.4) is 0 Å². The third kappa shape index (κ3) is 3.93. The molecule has 1 unspecified atom stereocenters. The SMILES string of the molecule is CC(CNc1ccccc1C(F)(F)F)N(C)C. The van der Waals surface area contributed by atoms with Crippen LogP contribution in [0.5, 0.6) is 0 Å². The van der Waals surface area contributed by atoms with E-state index in [0.29, 0.717) is 6.54 Å². The van der Waals surface area contributed by atoms with Gasteiger partial charge in [-0.15, -0.1) is 0 Å². The van der Waals surface area contributed by atoms with E-state index < -0.39 is 11.7 Å². The lowest BCUT2D eigenvalue weighted by molar-refractivity contribution is -0.136. The Hall–Kier alpha value is -1.23. The third-order valence-corrected chi connectivity index (χ3v) is 2.70. The molecule has 1 N–H and O–H groups in total. The number of likely N-dealkylation sites (N-methyl/N-ethyl adjacent to an activating group) is 1. The number of halogens is 3. The number of rotatable bonds is 4. The van der Waals surface area contributed by atoms with Crippen molar-refractivity contribution in [2.75, 3.05) is 26.0 Å². The van der Waals surface area contributed by atoms with Gasteiger partial charge in [0, 0.05) is 18.3 Å². The van der Waals surface area contributed by atoms with Crippen LogP contribution in [-0.2, 0) is 6.18 Å². The predicted octanol–water partition coefficient (Wildman–Crippen LogP) is 3.07. The molecule has 1 aromatic rings. The van der Waals surface area contributed by atoms with Gasteiger partial charge in [0.05, 0.1) is 5.56 Å². The van der Waals surface area contributed by atoms with Gasteiger partial charge < -0.3 is 10.2 Å². The van der Waals surface area contributed by atoms with Crippen LogP contribution in [0.2, 0.25) is 0 Å². The standard InChI is InChI=1S/C12H17F3N2/c1-9(17(2)3)8-16-11-7-5-4-6-10(11)12(13,14)15/h4-7,9,16H,8H2,1-3H3. The van der Waals surface area contributed by atoms with Crippen molar-refractivity contribution in [3.05, 3.63) is 29.8 Å². The maximum atomic E-state index is 12.7. The lowest BCUT2D eigenvalue weighted by Crippen LogP contribution is -2.31. The smallest absolute Gasteiger partial charge is 0.383 e. The van der Waals surface area contributed by atoms with Gasteiger partial charge in [-0.2, -0.15) is 13.2 Å². The molecule has 0 spiro atoms. The molecule has 1 aromatic carbocycles. The van der Waals surface area contributed by atoms with Crippen LogP contribution in [0.15, 0.2) is 24.3 Å². The first-order chi connectivity index (χ1) is 7.82. The van der Waals surface area contributed by atoms with Gasteiger partial charge in [-0.1, -0.05) is 12.1 Å². The summed E-state index contributed by atoms with van der Waals surface area (Å²) in [5.41, 5.74) is -0.486. The molecule has 17 heavy (non-hydrogen) atoms. The van der Waals surface area contributed by atoms with Crippen molar-refractivity contribution in [3.63, 3.8) is 0 Å². The van der Waals surface area contributed by atoms with Crippen molar-refractivity contribution < 1.29 is 13.2 Å². The van der Waals surface area contributed by atoms with Crippen LogP contribution in [0.1, 0.15) is 12.5 Å². The summed E-state index contributed by atoms with van der Waals surface area (Å²) in [5, 5.41) is 2.84. The Bertz CT molecular complexity index is 361. The molecule has 0 radical (unpaired) electrons. The van der Waals surface area contributed by atoms with Crippen molar-refractivity contribution in [2.45, 2.75) is 19.1 Å². The minimum Gasteiger partial charge on any atom is -0.383 e. The Kier molecular flexibility index (Phi) is 4.40. The molecule has 0 aliphatic heterocycles. The number of alkyl halides is 3. The molecule has 96 valence electrons. The minimum atomic E-state index is -4.31. The van der Waals surface area contributed by atoms with E-state index in [2.05, 4.69) is 5.32 Å². The number of para-hydroxylation sites is 1. The zero-order valence-corrected chi connectivity index (χ0v) is 10.2. The largest absolute Gasteiger partial charge is 0.418 e. The minimum absolute atomic E-state index is 0.133. The van der Waals surface area contributed by atoms with E-state index in [0.717, 1.165) is 6.07 Å². The molecule has 0 saturated carbocycles. The van der Waals surface area contributed by atoms with Gasteiger partial charge >= 0.3 is 6.18 Å². The van der Waals surface area contributed by atoms with Crippen molar-refractivity contribution in [2.24, 2.45) is 0 Å². The molecule has 0 aliphatic carbocycles. The molecule has 1 atom stereocenters. The van der Waals surface area contributed by atoms with E-state index in [1.54, 1.807) is 6.07 Å². The highest BCUT2D eigenvalue weighted by Crippen LogP contribution is 2.34. The van der Waals surface area contributed by atoms with E-state index in [-0.39, 0.29) is 11.7 Å². The highest BCUT2D eigenvalue weighted by Gasteiger charge is 2.33. The van der Waals surface area contributed by atoms with Gasteiger partial charge in [0.2, 0.25) is 0 Å². The zero-order chi connectivity index (χ0) is 13.1. The molecule has 0 bridgehead atoms. The number of nitrogens with zero attached hydrogens (tertiary/aromatic N) is 1. The van der Waals surface area contributed by atoms with Gasteiger partial charge in [-0.25, -0.2) is 0 Å². The highest BCUT2D eigenvalue weighted by atomic mass is 19.4. The lowest BCUT2D eigenvalue weighted by atomic mass is 10.1. The number of nitrogens with one attached hydrogen (secondary N) is 1. The first-order valence-electron chi connectivity index (χ1n) is 5.39. The number of hydrogen-bond donors (Lipinski definition) is 1. The van der Waals surface area contributed by atoms with E-state index in [1.807, 2.05) is 25.9 Å². The van der Waals surface area contributed by atoms with Crippen LogP contribution < -0.4 is 5.32 Å². The predicted molar refractivity (Wildman–Crippen MR) is 63.1 cm³/mol. The van der Waals surface area contributed by atoms with Crippen LogP contribution in [0, 0.1) is 0 Å². The number of hydrogen-bond acceptors (Lipinski definition) is 2. The monoisotopic (exact) mass is 246 g/mol. The number of benzene rings is 1. The lowest BCUT2D eigenvalue weighted by Gasteiger charge is -2.22. The van der Waals surface area contributed by atoms with Crippen LogP contribution >= 0.6 is 0 Å². The quantitative estimate of drug-likeness (QED) is 0.878. The van der Waals surface area contributed by atoms with Crippen molar-refractivity contribution in [1.82, 2.24) is 4.90 Å². The summed E-state index contributed by atoms with van der Waals surface area (Å²) in [4.78, 5) is 1.95. The fourth-order valence-electron chi connectivity index (χ4n) is 1.32. The topological polar surface area (TPSA) is 15.3 Å². The molecular weight excluding hydrogens is 229 g/mol. The summed E-state index contributed by atoms with van der Waals surface area (Å²) >= 11 is 0. The van der Waals surface area contributed by atoms with Crippen LogP contribution in [0.4, 0.5) is 18.9 Å². The second-order valence-corrected chi connectivity index (χ2v) is 4.24. The molecule has 0 heterocycles. The number of anilines is 1. The maximum Gasteiger partial charge on any atom is 0.418 e. The van der Waals surface area contributed by atoms with Gasteiger partial charge in [-0.3, -0.25) is 0 Å². The summed E-state index contributed by atoms with van der Waals surface area (Å²) in [6.07, 6.45) is -4.31. The average Bonchev–Trinajstić information content (AvgIpc) is 2.24. The molecule has 0 fully saturated rings. The summed E-state index contributed by atoms with van der Waals surface area (Å²) in [6, 6.07) is 5.69. The van der Waals surface area contributed by atoms with E-state index in [4.69, 9.17) is 0 Å². The van der Waals surface area contributed by atoms with Crippen LogP contribution in [-0.4, -0.2) is 31.6 Å². The maximum absolute atomic E-state index is 12.7. The second-order valence-electron chi connectivity index (χ2n) is 4.24. The summed E-state index contributed by atoms with van der Waals surface area (Å²) in [7, 11) is 3.78. The molecule has 2 nitrogen and oxygen atoms in total. The van der Waals surface area contributed by atoms with E-state index in [9.17, 15) is 13.2 Å². The Morgan fingerprint density at radius 3 is 2.35 bits per heavy atom. The molecule has 0 aromatic heterocycles. The van der Waals surface area contributed by atoms with Crippen molar-refractivity contribution >= 4 is 5.69 Å².